The molecule has 114 valence electrons. The predicted molar refractivity (Wildman–Crippen MR) is 92.9 cm³/mol. The van der Waals surface area contributed by atoms with Crippen LogP contribution in [0.4, 0.5) is 11.4 Å². The van der Waals surface area contributed by atoms with Gasteiger partial charge in [0.25, 0.3) is 0 Å². The number of benzene rings is 2. The van der Waals surface area contributed by atoms with Crippen molar-refractivity contribution in [3.8, 4) is 0 Å². The molecule has 3 rings (SSSR count). The van der Waals surface area contributed by atoms with Gasteiger partial charge in [0.05, 0.1) is 18.9 Å². The molecule has 0 saturated carbocycles. The van der Waals surface area contributed by atoms with Gasteiger partial charge < -0.3 is 9.64 Å². The summed E-state index contributed by atoms with van der Waals surface area (Å²) in [5.74, 6) is 0. The highest BCUT2D eigenvalue weighted by atomic mass is 35.5. The average Bonchev–Trinajstić information content (AvgIpc) is 2.54. The predicted octanol–water partition coefficient (Wildman–Crippen LogP) is 4.24. The number of halogens is 1. The Morgan fingerprint density at radius 2 is 1.95 bits per heavy atom. The van der Waals surface area contributed by atoms with E-state index in [1.54, 1.807) is 0 Å². The van der Waals surface area contributed by atoms with Crippen molar-refractivity contribution in [1.29, 1.82) is 0 Å². The highest BCUT2D eigenvalue weighted by molar-refractivity contribution is 6.30. The summed E-state index contributed by atoms with van der Waals surface area (Å²) in [6.45, 7) is 5.63. The summed E-state index contributed by atoms with van der Waals surface area (Å²) in [6, 6.07) is 14.0. The molecule has 0 bridgehead atoms. The van der Waals surface area contributed by atoms with E-state index in [1.807, 2.05) is 30.5 Å². The van der Waals surface area contributed by atoms with Crippen LogP contribution in [0.3, 0.4) is 0 Å². The molecule has 22 heavy (non-hydrogen) atoms. The molecule has 0 atom stereocenters. The summed E-state index contributed by atoms with van der Waals surface area (Å²) in [4.78, 5) is 6.85. The van der Waals surface area contributed by atoms with Gasteiger partial charge in [-0.25, -0.2) is 0 Å². The van der Waals surface area contributed by atoms with Gasteiger partial charge in [-0.15, -0.1) is 0 Å². The molecule has 1 aliphatic rings. The fraction of sp³-hybridized carbons (Fsp3) is 0.278. The van der Waals surface area contributed by atoms with Crippen molar-refractivity contribution in [2.45, 2.75) is 6.92 Å². The Kier molecular flexibility index (Phi) is 4.76. The van der Waals surface area contributed by atoms with Crippen LogP contribution < -0.4 is 4.90 Å². The summed E-state index contributed by atoms with van der Waals surface area (Å²) in [5.41, 5.74) is 4.46. The van der Waals surface area contributed by atoms with Gasteiger partial charge >= 0.3 is 0 Å². The van der Waals surface area contributed by atoms with E-state index in [0.29, 0.717) is 5.02 Å². The SMILES string of the molecule is Cc1cc(N2CCOCC2)ccc1C=Nc1cccc(Cl)c1. The van der Waals surface area contributed by atoms with E-state index < -0.39 is 0 Å². The van der Waals surface area contributed by atoms with Gasteiger partial charge in [-0.3, -0.25) is 4.99 Å². The molecule has 0 radical (unpaired) electrons. The lowest BCUT2D eigenvalue weighted by atomic mass is 10.1. The number of morpholine rings is 1. The first kappa shape index (κ1) is 15.1. The molecule has 0 aliphatic carbocycles. The Labute approximate surface area is 136 Å². The highest BCUT2D eigenvalue weighted by Gasteiger charge is 2.11. The minimum Gasteiger partial charge on any atom is -0.378 e. The first-order chi connectivity index (χ1) is 10.7. The van der Waals surface area contributed by atoms with E-state index in [4.69, 9.17) is 16.3 Å². The number of aliphatic imine (C=N–C) groups is 1. The maximum Gasteiger partial charge on any atom is 0.0644 e. The lowest BCUT2D eigenvalue weighted by molar-refractivity contribution is 0.122. The molecule has 1 aliphatic heterocycles. The van der Waals surface area contributed by atoms with Crippen LogP contribution in [0.25, 0.3) is 0 Å². The lowest BCUT2D eigenvalue weighted by Gasteiger charge is -2.29. The van der Waals surface area contributed by atoms with Crippen LogP contribution in [0, 0.1) is 6.92 Å². The van der Waals surface area contributed by atoms with Gasteiger partial charge in [0.2, 0.25) is 0 Å². The Hall–Kier alpha value is -1.84. The van der Waals surface area contributed by atoms with E-state index in [2.05, 4.69) is 35.0 Å². The molecule has 0 spiro atoms. The zero-order valence-electron chi connectivity index (χ0n) is 12.6. The molecule has 2 aromatic carbocycles. The van der Waals surface area contributed by atoms with E-state index in [0.717, 1.165) is 37.6 Å². The summed E-state index contributed by atoms with van der Waals surface area (Å²) < 4.78 is 5.40. The number of nitrogens with zero attached hydrogens (tertiary/aromatic N) is 2. The van der Waals surface area contributed by atoms with Gasteiger partial charge in [-0.05, 0) is 48.4 Å². The van der Waals surface area contributed by atoms with Crippen molar-refractivity contribution >= 4 is 29.2 Å². The molecule has 3 nitrogen and oxygen atoms in total. The Morgan fingerprint density at radius 1 is 1.14 bits per heavy atom. The second-order valence-electron chi connectivity index (χ2n) is 5.38. The summed E-state index contributed by atoms with van der Waals surface area (Å²) in [5, 5.41) is 0.703. The third-order valence-electron chi connectivity index (χ3n) is 3.79. The van der Waals surface area contributed by atoms with Crippen LogP contribution in [0.1, 0.15) is 11.1 Å². The number of ether oxygens (including phenoxy) is 1. The number of aryl methyl sites for hydroxylation is 1. The Balaban J connectivity index is 1.77. The summed E-state index contributed by atoms with van der Waals surface area (Å²) in [7, 11) is 0. The van der Waals surface area contributed by atoms with Crippen LogP contribution in [0.2, 0.25) is 5.02 Å². The van der Waals surface area contributed by atoms with Gasteiger partial charge in [0.15, 0.2) is 0 Å². The Morgan fingerprint density at radius 3 is 2.68 bits per heavy atom. The molecule has 0 aromatic heterocycles. The molecule has 0 N–H and O–H groups in total. The fourth-order valence-electron chi connectivity index (χ4n) is 2.52. The Bertz CT molecular complexity index is 679. The molecule has 0 amide bonds. The average molecular weight is 315 g/mol. The summed E-state index contributed by atoms with van der Waals surface area (Å²) in [6.07, 6.45) is 1.89. The van der Waals surface area contributed by atoms with Crippen LogP contribution in [0.5, 0.6) is 0 Å². The molecule has 1 heterocycles. The monoisotopic (exact) mass is 314 g/mol. The van der Waals surface area contributed by atoms with E-state index in [-0.39, 0.29) is 0 Å². The first-order valence-corrected chi connectivity index (χ1v) is 7.83. The molecule has 4 heteroatoms. The van der Waals surface area contributed by atoms with Crippen LogP contribution in [-0.2, 0) is 4.74 Å². The van der Waals surface area contributed by atoms with Gasteiger partial charge in [0, 0.05) is 30.0 Å². The van der Waals surface area contributed by atoms with Crippen molar-refractivity contribution in [2.75, 3.05) is 31.2 Å². The highest BCUT2D eigenvalue weighted by Crippen LogP contribution is 2.21. The van der Waals surface area contributed by atoms with Crippen molar-refractivity contribution in [3.05, 3.63) is 58.6 Å². The van der Waals surface area contributed by atoms with Crippen LogP contribution in [0.15, 0.2) is 47.5 Å². The minimum atomic E-state index is 0.703. The number of hydrogen-bond donors (Lipinski definition) is 0. The first-order valence-electron chi connectivity index (χ1n) is 7.45. The number of anilines is 1. The van der Waals surface area contributed by atoms with E-state index in [1.165, 1.54) is 11.3 Å². The van der Waals surface area contributed by atoms with Crippen LogP contribution >= 0.6 is 11.6 Å². The molecular formula is C18H19ClN2O. The molecule has 1 saturated heterocycles. The third-order valence-corrected chi connectivity index (χ3v) is 4.03. The topological polar surface area (TPSA) is 24.8 Å². The fourth-order valence-corrected chi connectivity index (χ4v) is 2.71. The molecule has 1 fully saturated rings. The normalized spacial score (nSPS) is 15.5. The van der Waals surface area contributed by atoms with Gasteiger partial charge in [-0.2, -0.15) is 0 Å². The second-order valence-corrected chi connectivity index (χ2v) is 5.81. The largest absolute Gasteiger partial charge is 0.378 e. The van der Waals surface area contributed by atoms with Gasteiger partial charge in [0.1, 0.15) is 0 Å². The zero-order valence-corrected chi connectivity index (χ0v) is 13.4. The zero-order chi connectivity index (χ0) is 15.4. The molecular weight excluding hydrogens is 296 g/mol. The third kappa shape index (κ3) is 3.67. The van der Waals surface area contributed by atoms with Crippen molar-refractivity contribution in [3.63, 3.8) is 0 Å². The van der Waals surface area contributed by atoms with Crippen molar-refractivity contribution in [2.24, 2.45) is 4.99 Å². The summed E-state index contributed by atoms with van der Waals surface area (Å²) >= 11 is 5.98. The number of hydrogen-bond acceptors (Lipinski definition) is 3. The van der Waals surface area contributed by atoms with Crippen molar-refractivity contribution < 1.29 is 4.74 Å². The number of rotatable bonds is 3. The quantitative estimate of drug-likeness (QED) is 0.792. The standard InChI is InChI=1S/C18H19ClN2O/c1-14-11-18(21-7-9-22-10-8-21)6-5-15(14)13-20-17-4-2-3-16(19)12-17/h2-6,11-13H,7-10H2,1H3. The smallest absolute Gasteiger partial charge is 0.0644 e. The van der Waals surface area contributed by atoms with Crippen molar-refractivity contribution in [1.82, 2.24) is 0 Å². The molecule has 0 unspecified atom stereocenters. The van der Waals surface area contributed by atoms with E-state index >= 15 is 0 Å². The van der Waals surface area contributed by atoms with Gasteiger partial charge in [-0.1, -0.05) is 23.7 Å². The second kappa shape index (κ2) is 6.95. The molecule has 2 aromatic rings. The lowest BCUT2D eigenvalue weighted by Crippen LogP contribution is -2.36. The van der Waals surface area contributed by atoms with E-state index in [9.17, 15) is 0 Å². The minimum absolute atomic E-state index is 0.703. The van der Waals surface area contributed by atoms with Crippen LogP contribution in [-0.4, -0.2) is 32.5 Å². The maximum absolute atomic E-state index is 5.98. The maximum atomic E-state index is 5.98.